The van der Waals surface area contributed by atoms with Crippen molar-refractivity contribution in [2.75, 3.05) is 0 Å². The van der Waals surface area contributed by atoms with E-state index in [1.165, 1.54) is 27.1 Å². The third-order valence-corrected chi connectivity index (χ3v) is 4.01. The van der Waals surface area contributed by atoms with Gasteiger partial charge < -0.3 is 5.73 Å². The minimum Gasteiger partial charge on any atom is -0.324 e. The molecule has 0 bridgehead atoms. The van der Waals surface area contributed by atoms with E-state index in [0.29, 0.717) is 0 Å². The second kappa shape index (κ2) is 5.03. The predicted molar refractivity (Wildman–Crippen MR) is 75.6 cm³/mol. The van der Waals surface area contributed by atoms with Crippen molar-refractivity contribution in [3.8, 4) is 0 Å². The van der Waals surface area contributed by atoms with E-state index in [-0.39, 0.29) is 6.04 Å². The van der Waals surface area contributed by atoms with Crippen LogP contribution < -0.4 is 5.73 Å². The van der Waals surface area contributed by atoms with Gasteiger partial charge in [-0.3, -0.25) is 0 Å². The van der Waals surface area contributed by atoms with Crippen LogP contribution in [-0.4, -0.2) is 0 Å². The topological polar surface area (TPSA) is 26.0 Å². The summed E-state index contributed by atoms with van der Waals surface area (Å²) in [7, 11) is 0. The van der Waals surface area contributed by atoms with Crippen LogP contribution in [0.3, 0.4) is 0 Å². The van der Waals surface area contributed by atoms with Crippen molar-refractivity contribution in [3.05, 3.63) is 56.8 Å². The zero-order valence-electron chi connectivity index (χ0n) is 10.7. The number of hydrogen-bond acceptors (Lipinski definition) is 2. The van der Waals surface area contributed by atoms with Gasteiger partial charge in [0.25, 0.3) is 0 Å². The fourth-order valence-electron chi connectivity index (χ4n) is 2.52. The van der Waals surface area contributed by atoms with Gasteiger partial charge in [-0.1, -0.05) is 23.8 Å². The second-order valence-electron chi connectivity index (χ2n) is 4.70. The van der Waals surface area contributed by atoms with Crippen LogP contribution in [0, 0.1) is 20.8 Å². The van der Waals surface area contributed by atoms with Gasteiger partial charge in [0.05, 0.1) is 0 Å². The lowest BCUT2D eigenvalue weighted by Crippen LogP contribution is -2.15. The van der Waals surface area contributed by atoms with Gasteiger partial charge in [-0.25, -0.2) is 0 Å². The van der Waals surface area contributed by atoms with Crippen LogP contribution in [0.15, 0.2) is 29.6 Å². The quantitative estimate of drug-likeness (QED) is 0.871. The highest BCUT2D eigenvalue weighted by Gasteiger charge is 2.13. The molecule has 2 aromatic rings. The van der Waals surface area contributed by atoms with E-state index in [1.807, 2.05) is 0 Å². The van der Waals surface area contributed by atoms with Crippen LogP contribution in [0.25, 0.3) is 0 Å². The van der Waals surface area contributed by atoms with Crippen LogP contribution in [0.2, 0.25) is 0 Å². The molecule has 0 aliphatic heterocycles. The molecular formula is C15H19NS. The maximum absolute atomic E-state index is 6.34. The molecular weight excluding hydrogens is 226 g/mol. The van der Waals surface area contributed by atoms with E-state index in [4.69, 9.17) is 5.73 Å². The zero-order valence-corrected chi connectivity index (χ0v) is 11.5. The lowest BCUT2D eigenvalue weighted by molar-refractivity contribution is 0.718. The van der Waals surface area contributed by atoms with Crippen molar-refractivity contribution in [1.29, 1.82) is 0 Å². The molecule has 90 valence electrons. The Balaban J connectivity index is 2.27. The van der Waals surface area contributed by atoms with Crippen molar-refractivity contribution in [2.45, 2.75) is 33.2 Å². The van der Waals surface area contributed by atoms with Crippen LogP contribution in [0.1, 0.15) is 33.2 Å². The Labute approximate surface area is 107 Å². The van der Waals surface area contributed by atoms with Crippen molar-refractivity contribution >= 4 is 11.3 Å². The molecule has 1 nitrogen and oxygen atoms in total. The molecule has 0 saturated carbocycles. The molecule has 1 aromatic heterocycles. The van der Waals surface area contributed by atoms with E-state index < -0.39 is 0 Å². The number of nitrogens with two attached hydrogens (primary N) is 1. The molecule has 1 unspecified atom stereocenters. The van der Waals surface area contributed by atoms with E-state index in [2.05, 4.69) is 50.4 Å². The predicted octanol–water partition coefficient (Wildman–Crippen LogP) is 3.92. The zero-order chi connectivity index (χ0) is 12.4. The second-order valence-corrected chi connectivity index (χ2v) is 5.73. The van der Waals surface area contributed by atoms with Crippen LogP contribution in [0.4, 0.5) is 0 Å². The van der Waals surface area contributed by atoms with E-state index in [0.717, 1.165) is 6.42 Å². The average Bonchev–Trinajstić information content (AvgIpc) is 2.68. The summed E-state index contributed by atoms with van der Waals surface area (Å²) in [5.74, 6) is 0. The first-order chi connectivity index (χ1) is 8.08. The Morgan fingerprint density at radius 1 is 1.18 bits per heavy atom. The summed E-state index contributed by atoms with van der Waals surface area (Å²) in [5.41, 5.74) is 11.6. The van der Waals surface area contributed by atoms with Crippen LogP contribution in [-0.2, 0) is 6.42 Å². The average molecular weight is 245 g/mol. The first kappa shape index (κ1) is 12.3. The van der Waals surface area contributed by atoms with Crippen molar-refractivity contribution in [1.82, 2.24) is 0 Å². The van der Waals surface area contributed by atoms with Gasteiger partial charge in [0.15, 0.2) is 0 Å². The summed E-state index contributed by atoms with van der Waals surface area (Å²) < 4.78 is 0. The van der Waals surface area contributed by atoms with Crippen molar-refractivity contribution in [2.24, 2.45) is 5.73 Å². The number of rotatable bonds is 3. The molecule has 0 saturated heterocycles. The Morgan fingerprint density at radius 2 is 1.82 bits per heavy atom. The minimum absolute atomic E-state index is 0.106. The molecule has 1 atom stereocenters. The van der Waals surface area contributed by atoms with E-state index in [9.17, 15) is 0 Å². The first-order valence-corrected chi connectivity index (χ1v) is 6.81. The summed E-state index contributed by atoms with van der Waals surface area (Å²) >= 11 is 1.78. The van der Waals surface area contributed by atoms with Gasteiger partial charge >= 0.3 is 0 Å². The fourth-order valence-corrected chi connectivity index (χ4v) is 3.29. The largest absolute Gasteiger partial charge is 0.324 e. The summed E-state index contributed by atoms with van der Waals surface area (Å²) in [6.07, 6.45) is 0.933. The van der Waals surface area contributed by atoms with Gasteiger partial charge in [0.2, 0.25) is 0 Å². The molecule has 17 heavy (non-hydrogen) atoms. The normalized spacial score (nSPS) is 12.7. The van der Waals surface area contributed by atoms with Crippen molar-refractivity contribution < 1.29 is 0 Å². The van der Waals surface area contributed by atoms with Crippen LogP contribution >= 0.6 is 11.3 Å². The molecule has 2 heteroatoms. The van der Waals surface area contributed by atoms with Crippen LogP contribution in [0.5, 0.6) is 0 Å². The standard InChI is InChI=1S/C15H19NS/c1-10-7-11(2)15(12(3)8-10)14(16)9-13-5-4-6-17-13/h4-8,14H,9,16H2,1-3H3. The molecule has 1 aromatic carbocycles. The number of aryl methyl sites for hydroxylation is 3. The molecule has 2 N–H and O–H groups in total. The lowest BCUT2D eigenvalue weighted by atomic mass is 9.92. The monoisotopic (exact) mass is 245 g/mol. The van der Waals surface area contributed by atoms with Gasteiger partial charge in [0, 0.05) is 17.3 Å². The molecule has 0 aliphatic rings. The Morgan fingerprint density at radius 3 is 2.35 bits per heavy atom. The Bertz CT molecular complexity index is 477. The minimum atomic E-state index is 0.106. The Kier molecular flexibility index (Phi) is 3.65. The van der Waals surface area contributed by atoms with Gasteiger partial charge in [-0.05, 0) is 48.9 Å². The maximum Gasteiger partial charge on any atom is 0.0348 e. The highest BCUT2D eigenvalue weighted by molar-refractivity contribution is 7.09. The SMILES string of the molecule is Cc1cc(C)c(C(N)Cc2cccs2)c(C)c1. The summed E-state index contributed by atoms with van der Waals surface area (Å²) in [5, 5.41) is 2.11. The molecule has 0 aliphatic carbocycles. The van der Waals surface area contributed by atoms with Gasteiger partial charge in [-0.15, -0.1) is 11.3 Å². The number of thiophene rings is 1. The molecule has 0 radical (unpaired) electrons. The summed E-state index contributed by atoms with van der Waals surface area (Å²) in [6, 6.07) is 8.78. The summed E-state index contributed by atoms with van der Waals surface area (Å²) in [4.78, 5) is 1.36. The van der Waals surface area contributed by atoms with E-state index in [1.54, 1.807) is 11.3 Å². The smallest absolute Gasteiger partial charge is 0.0348 e. The molecule has 0 fully saturated rings. The Hall–Kier alpha value is -1.12. The van der Waals surface area contributed by atoms with Gasteiger partial charge in [-0.2, -0.15) is 0 Å². The highest BCUT2D eigenvalue weighted by Crippen LogP contribution is 2.25. The maximum atomic E-state index is 6.34. The molecule has 1 heterocycles. The van der Waals surface area contributed by atoms with Gasteiger partial charge in [0.1, 0.15) is 0 Å². The fraction of sp³-hybridized carbons (Fsp3) is 0.333. The molecule has 0 spiro atoms. The third kappa shape index (κ3) is 2.76. The first-order valence-electron chi connectivity index (χ1n) is 5.93. The number of benzene rings is 1. The third-order valence-electron chi connectivity index (χ3n) is 3.11. The molecule has 0 amide bonds. The lowest BCUT2D eigenvalue weighted by Gasteiger charge is -2.17. The number of hydrogen-bond donors (Lipinski definition) is 1. The highest BCUT2D eigenvalue weighted by atomic mass is 32.1. The van der Waals surface area contributed by atoms with E-state index >= 15 is 0 Å². The summed E-state index contributed by atoms with van der Waals surface area (Å²) in [6.45, 7) is 6.45. The molecule has 2 rings (SSSR count). The van der Waals surface area contributed by atoms with Crippen molar-refractivity contribution in [3.63, 3.8) is 0 Å².